The van der Waals surface area contributed by atoms with Crippen LogP contribution in [0.4, 0.5) is 0 Å². The smallest absolute Gasteiger partial charge is 0.115 e. The van der Waals surface area contributed by atoms with Crippen molar-refractivity contribution in [2.75, 3.05) is 6.54 Å². The molecule has 0 aliphatic heterocycles. The Balaban J connectivity index is 2.14. The van der Waals surface area contributed by atoms with Crippen molar-refractivity contribution in [1.82, 2.24) is 10.3 Å². The second-order valence-electron chi connectivity index (χ2n) is 4.76. The molecule has 1 aromatic heterocycles. The first-order valence-corrected chi connectivity index (χ1v) is 8.91. The number of aromatic nitrogens is 1. The van der Waals surface area contributed by atoms with Gasteiger partial charge in [0.2, 0.25) is 0 Å². The lowest BCUT2D eigenvalue weighted by Gasteiger charge is -2.15. The fourth-order valence-electron chi connectivity index (χ4n) is 1.90. The highest BCUT2D eigenvalue weighted by Crippen LogP contribution is 2.36. The van der Waals surface area contributed by atoms with Crippen LogP contribution in [-0.4, -0.2) is 11.5 Å². The van der Waals surface area contributed by atoms with Crippen LogP contribution in [0.5, 0.6) is 0 Å². The van der Waals surface area contributed by atoms with Crippen LogP contribution < -0.4 is 5.32 Å². The predicted octanol–water partition coefficient (Wildman–Crippen LogP) is 5.71. The number of hydrogen-bond donors (Lipinski definition) is 1. The molecule has 112 valence electrons. The van der Waals surface area contributed by atoms with Gasteiger partial charge in [-0.3, -0.25) is 0 Å². The zero-order valence-corrected chi connectivity index (χ0v) is 15.2. The van der Waals surface area contributed by atoms with Crippen molar-refractivity contribution in [3.63, 3.8) is 0 Å². The molecule has 1 unspecified atom stereocenters. The summed E-state index contributed by atoms with van der Waals surface area (Å²) in [6, 6.07) is 10.4. The summed E-state index contributed by atoms with van der Waals surface area (Å²) in [5.74, 6) is 0. The average molecular weight is 386 g/mol. The van der Waals surface area contributed by atoms with Gasteiger partial charge in [0.25, 0.3) is 0 Å². The molecule has 1 atom stereocenters. The first-order chi connectivity index (χ1) is 10.1. The third kappa shape index (κ3) is 4.71. The Morgan fingerprint density at radius 3 is 2.86 bits per heavy atom. The van der Waals surface area contributed by atoms with E-state index in [4.69, 9.17) is 11.6 Å². The van der Waals surface area contributed by atoms with Crippen LogP contribution in [0.1, 0.15) is 31.9 Å². The molecule has 0 saturated heterocycles. The van der Waals surface area contributed by atoms with Crippen LogP contribution in [-0.2, 0) is 0 Å². The first-order valence-electron chi connectivity index (χ1n) is 6.93. The van der Waals surface area contributed by atoms with E-state index in [1.165, 1.54) is 5.56 Å². The fraction of sp³-hybridized carbons (Fsp3) is 0.312. The van der Waals surface area contributed by atoms with Gasteiger partial charge in [-0.1, -0.05) is 36.4 Å². The van der Waals surface area contributed by atoms with Crippen LogP contribution in [0.15, 0.2) is 50.9 Å². The molecule has 0 amide bonds. The monoisotopic (exact) mass is 384 g/mol. The molecular weight excluding hydrogens is 368 g/mol. The van der Waals surface area contributed by atoms with Crippen LogP contribution >= 0.6 is 39.3 Å². The van der Waals surface area contributed by atoms with E-state index in [0.717, 1.165) is 32.4 Å². The summed E-state index contributed by atoms with van der Waals surface area (Å²) < 4.78 is 0.980. The highest BCUT2D eigenvalue weighted by atomic mass is 79.9. The topological polar surface area (TPSA) is 24.9 Å². The number of hydrogen-bond acceptors (Lipinski definition) is 3. The minimum atomic E-state index is 0.308. The predicted molar refractivity (Wildman–Crippen MR) is 94.2 cm³/mol. The second-order valence-corrected chi connectivity index (χ2v) is 7.05. The van der Waals surface area contributed by atoms with E-state index < -0.39 is 0 Å². The highest BCUT2D eigenvalue weighted by molar-refractivity contribution is 9.10. The molecule has 1 N–H and O–H groups in total. The van der Waals surface area contributed by atoms with Crippen molar-refractivity contribution in [2.45, 2.75) is 36.2 Å². The van der Waals surface area contributed by atoms with Crippen molar-refractivity contribution in [2.24, 2.45) is 0 Å². The quantitative estimate of drug-likeness (QED) is 0.689. The molecule has 0 saturated carbocycles. The average Bonchev–Trinajstić information content (AvgIpc) is 2.49. The lowest BCUT2D eigenvalue weighted by atomic mass is 10.1. The zero-order valence-electron chi connectivity index (χ0n) is 12.1. The standard InChI is InChI=1S/C16H18BrClN2S/c1-3-8-19-11(2)12-6-7-15(14(18)10-12)21-16-13(17)5-4-9-20-16/h4-7,9-11,19H,3,8H2,1-2H3. The lowest BCUT2D eigenvalue weighted by Crippen LogP contribution is -2.19. The van der Waals surface area contributed by atoms with E-state index in [1.807, 2.05) is 18.2 Å². The Bertz CT molecular complexity index is 607. The van der Waals surface area contributed by atoms with Gasteiger partial charge in [0.1, 0.15) is 5.03 Å². The summed E-state index contributed by atoms with van der Waals surface area (Å²) in [6.07, 6.45) is 2.91. The van der Waals surface area contributed by atoms with Gasteiger partial charge in [-0.15, -0.1) is 0 Å². The molecule has 2 nitrogen and oxygen atoms in total. The van der Waals surface area contributed by atoms with Crippen molar-refractivity contribution < 1.29 is 0 Å². The molecule has 2 rings (SSSR count). The SMILES string of the molecule is CCCNC(C)c1ccc(Sc2ncccc2Br)c(Cl)c1. The van der Waals surface area contributed by atoms with Gasteiger partial charge in [0, 0.05) is 17.1 Å². The number of pyridine rings is 1. The third-order valence-corrected chi connectivity index (χ3v) is 5.51. The molecule has 21 heavy (non-hydrogen) atoms. The van der Waals surface area contributed by atoms with Crippen molar-refractivity contribution in [3.8, 4) is 0 Å². The minimum absolute atomic E-state index is 0.308. The molecule has 0 aliphatic rings. The second kappa shape index (κ2) is 8.18. The van der Waals surface area contributed by atoms with E-state index in [2.05, 4.69) is 52.2 Å². The van der Waals surface area contributed by atoms with Gasteiger partial charge in [0.05, 0.1) is 9.50 Å². The van der Waals surface area contributed by atoms with Gasteiger partial charge in [-0.25, -0.2) is 4.98 Å². The Morgan fingerprint density at radius 1 is 1.38 bits per heavy atom. The number of nitrogens with zero attached hydrogens (tertiary/aromatic N) is 1. The third-order valence-electron chi connectivity index (χ3n) is 3.09. The fourth-order valence-corrected chi connectivity index (χ4v) is 3.48. The largest absolute Gasteiger partial charge is 0.310 e. The molecule has 0 spiro atoms. The molecule has 5 heteroatoms. The van der Waals surface area contributed by atoms with Crippen LogP contribution in [0, 0.1) is 0 Å². The van der Waals surface area contributed by atoms with E-state index in [-0.39, 0.29) is 0 Å². The molecule has 0 bridgehead atoms. The van der Waals surface area contributed by atoms with Crippen LogP contribution in [0.25, 0.3) is 0 Å². The summed E-state index contributed by atoms with van der Waals surface area (Å²) >= 11 is 11.5. The maximum atomic E-state index is 6.42. The number of rotatable bonds is 6. The number of benzene rings is 1. The highest BCUT2D eigenvalue weighted by Gasteiger charge is 2.10. The van der Waals surface area contributed by atoms with Crippen LogP contribution in [0.3, 0.4) is 0 Å². The first kappa shape index (κ1) is 16.8. The van der Waals surface area contributed by atoms with E-state index >= 15 is 0 Å². The van der Waals surface area contributed by atoms with Crippen molar-refractivity contribution in [1.29, 1.82) is 0 Å². The van der Waals surface area contributed by atoms with E-state index in [1.54, 1.807) is 18.0 Å². The molecule has 2 aromatic rings. The van der Waals surface area contributed by atoms with Crippen molar-refractivity contribution in [3.05, 3.63) is 51.6 Å². The molecule has 0 fully saturated rings. The Kier molecular flexibility index (Phi) is 6.55. The van der Waals surface area contributed by atoms with Gasteiger partial charge >= 0.3 is 0 Å². The van der Waals surface area contributed by atoms with Crippen LogP contribution in [0.2, 0.25) is 5.02 Å². The Hall–Kier alpha value is -0.550. The normalized spacial score (nSPS) is 12.4. The molecular formula is C16H18BrClN2S. The van der Waals surface area contributed by atoms with E-state index in [9.17, 15) is 0 Å². The maximum Gasteiger partial charge on any atom is 0.115 e. The molecule has 0 radical (unpaired) electrons. The molecule has 1 heterocycles. The van der Waals surface area contributed by atoms with E-state index in [0.29, 0.717) is 6.04 Å². The van der Waals surface area contributed by atoms with Gasteiger partial charge in [-0.05, 0) is 65.6 Å². The van der Waals surface area contributed by atoms with Crippen molar-refractivity contribution >= 4 is 39.3 Å². The summed E-state index contributed by atoms with van der Waals surface area (Å²) in [5, 5.41) is 5.15. The Labute approximate surface area is 143 Å². The minimum Gasteiger partial charge on any atom is -0.310 e. The zero-order chi connectivity index (χ0) is 15.2. The summed E-state index contributed by atoms with van der Waals surface area (Å²) in [4.78, 5) is 5.37. The van der Waals surface area contributed by atoms with Gasteiger partial charge in [0.15, 0.2) is 0 Å². The summed E-state index contributed by atoms with van der Waals surface area (Å²) in [6.45, 7) is 5.33. The number of nitrogens with one attached hydrogen (secondary N) is 1. The summed E-state index contributed by atoms with van der Waals surface area (Å²) in [7, 11) is 0. The molecule has 1 aromatic carbocycles. The van der Waals surface area contributed by atoms with Gasteiger partial charge < -0.3 is 5.32 Å². The molecule has 0 aliphatic carbocycles. The Morgan fingerprint density at radius 2 is 2.19 bits per heavy atom. The maximum absolute atomic E-state index is 6.42. The summed E-state index contributed by atoms with van der Waals surface area (Å²) in [5.41, 5.74) is 1.21. The van der Waals surface area contributed by atoms with Gasteiger partial charge in [-0.2, -0.15) is 0 Å². The lowest BCUT2D eigenvalue weighted by molar-refractivity contribution is 0.570. The number of halogens is 2.